The van der Waals surface area contributed by atoms with Gasteiger partial charge in [-0.15, -0.1) is 0 Å². The highest BCUT2D eigenvalue weighted by Crippen LogP contribution is 2.35. The third kappa shape index (κ3) is 6.05. The third-order valence-electron chi connectivity index (χ3n) is 3.07. The second kappa shape index (κ2) is 9.84. The fourth-order valence-electron chi connectivity index (χ4n) is 1.92. The van der Waals surface area contributed by atoms with Gasteiger partial charge in [-0.05, 0) is 74.8 Å². The van der Waals surface area contributed by atoms with Crippen molar-refractivity contribution in [1.29, 1.82) is 0 Å². The lowest BCUT2D eigenvalue weighted by atomic mass is 10.2. The smallest absolute Gasteiger partial charge is 0.186 e. The van der Waals surface area contributed by atoms with Crippen molar-refractivity contribution in [3.8, 4) is 5.75 Å². The van der Waals surface area contributed by atoms with Crippen molar-refractivity contribution in [2.75, 3.05) is 6.54 Å². The van der Waals surface area contributed by atoms with Crippen LogP contribution in [0.4, 0.5) is 4.39 Å². The number of ether oxygens (including phenoxy) is 1. The van der Waals surface area contributed by atoms with Gasteiger partial charge in [-0.3, -0.25) is 5.43 Å². The van der Waals surface area contributed by atoms with Gasteiger partial charge in [0.1, 0.15) is 18.2 Å². The van der Waals surface area contributed by atoms with E-state index in [-0.39, 0.29) is 12.4 Å². The van der Waals surface area contributed by atoms with Crippen LogP contribution in [0.3, 0.4) is 0 Å². The Morgan fingerprint density at radius 1 is 1.28 bits per heavy atom. The highest BCUT2D eigenvalue weighted by Gasteiger charge is 2.10. The summed E-state index contributed by atoms with van der Waals surface area (Å²) < 4.78 is 20.9. The fraction of sp³-hybridized carbons (Fsp3) is 0.176. The van der Waals surface area contributed by atoms with Gasteiger partial charge < -0.3 is 10.1 Å². The lowest BCUT2D eigenvalue weighted by Crippen LogP contribution is -2.31. The van der Waals surface area contributed by atoms with Crippen LogP contribution in [-0.4, -0.2) is 17.9 Å². The molecular formula is C17H16Br2FN3OS. The molecule has 0 aromatic heterocycles. The van der Waals surface area contributed by atoms with Crippen LogP contribution in [0.25, 0.3) is 0 Å². The third-order valence-corrected chi connectivity index (χ3v) is 4.48. The number of nitrogens with one attached hydrogen (secondary N) is 2. The second-order valence-electron chi connectivity index (χ2n) is 4.92. The van der Waals surface area contributed by atoms with Crippen LogP contribution in [0.2, 0.25) is 0 Å². The van der Waals surface area contributed by atoms with Crippen molar-refractivity contribution in [3.63, 3.8) is 0 Å². The van der Waals surface area contributed by atoms with Gasteiger partial charge >= 0.3 is 0 Å². The summed E-state index contributed by atoms with van der Waals surface area (Å²) >= 11 is 12.0. The predicted octanol–water partition coefficient (Wildman–Crippen LogP) is 4.75. The van der Waals surface area contributed by atoms with E-state index in [1.807, 2.05) is 19.1 Å². The largest absolute Gasteiger partial charge is 0.486 e. The van der Waals surface area contributed by atoms with Crippen LogP contribution in [0.5, 0.6) is 5.75 Å². The summed E-state index contributed by atoms with van der Waals surface area (Å²) in [6.45, 7) is 2.81. The van der Waals surface area contributed by atoms with E-state index in [0.717, 1.165) is 21.1 Å². The van der Waals surface area contributed by atoms with Crippen molar-refractivity contribution in [2.45, 2.75) is 13.5 Å². The molecule has 132 valence electrons. The molecule has 4 nitrogen and oxygen atoms in total. The van der Waals surface area contributed by atoms with Crippen LogP contribution >= 0.6 is 44.1 Å². The molecule has 0 heterocycles. The molecule has 0 aliphatic carbocycles. The molecule has 2 aromatic rings. The van der Waals surface area contributed by atoms with Crippen molar-refractivity contribution >= 4 is 55.4 Å². The van der Waals surface area contributed by atoms with Crippen molar-refractivity contribution in [3.05, 3.63) is 62.3 Å². The zero-order valence-electron chi connectivity index (χ0n) is 13.4. The van der Waals surface area contributed by atoms with Crippen LogP contribution < -0.4 is 15.5 Å². The summed E-state index contributed by atoms with van der Waals surface area (Å²) in [7, 11) is 0. The van der Waals surface area contributed by atoms with E-state index in [0.29, 0.717) is 16.4 Å². The monoisotopic (exact) mass is 487 g/mol. The lowest BCUT2D eigenvalue weighted by molar-refractivity contribution is 0.296. The minimum atomic E-state index is -0.291. The van der Waals surface area contributed by atoms with Crippen LogP contribution in [0.15, 0.2) is 50.4 Å². The van der Waals surface area contributed by atoms with E-state index in [1.54, 1.807) is 24.4 Å². The van der Waals surface area contributed by atoms with Crippen LogP contribution in [0, 0.1) is 5.82 Å². The molecule has 25 heavy (non-hydrogen) atoms. The normalized spacial score (nSPS) is 10.7. The number of hydrogen-bond donors (Lipinski definition) is 2. The predicted molar refractivity (Wildman–Crippen MR) is 110 cm³/mol. The number of hydrazone groups is 1. The Morgan fingerprint density at radius 2 is 1.96 bits per heavy atom. The second-order valence-corrected chi connectivity index (χ2v) is 7.04. The number of hydrogen-bond acceptors (Lipinski definition) is 3. The quantitative estimate of drug-likeness (QED) is 0.350. The maximum atomic E-state index is 13.7. The van der Waals surface area contributed by atoms with E-state index in [1.165, 1.54) is 6.07 Å². The first kappa shape index (κ1) is 19.8. The summed E-state index contributed by atoms with van der Waals surface area (Å²) in [5.41, 5.74) is 4.06. The molecule has 0 fully saturated rings. The summed E-state index contributed by atoms with van der Waals surface area (Å²) in [6, 6.07) is 10.2. The molecule has 0 saturated carbocycles. The molecule has 0 spiro atoms. The molecule has 0 aliphatic heterocycles. The van der Waals surface area contributed by atoms with Gasteiger partial charge in [0.25, 0.3) is 0 Å². The topological polar surface area (TPSA) is 45.7 Å². The van der Waals surface area contributed by atoms with Crippen molar-refractivity contribution in [2.24, 2.45) is 5.10 Å². The molecule has 2 N–H and O–H groups in total. The maximum Gasteiger partial charge on any atom is 0.186 e. The minimum absolute atomic E-state index is 0.135. The molecule has 2 rings (SSSR count). The molecule has 0 amide bonds. The summed E-state index contributed by atoms with van der Waals surface area (Å²) in [5.74, 6) is 0.303. The van der Waals surface area contributed by atoms with Crippen LogP contribution in [-0.2, 0) is 6.61 Å². The first-order valence-electron chi connectivity index (χ1n) is 7.43. The first-order chi connectivity index (χ1) is 12.0. The van der Waals surface area contributed by atoms with Gasteiger partial charge in [0.15, 0.2) is 5.11 Å². The Bertz CT molecular complexity index is 763. The fourth-order valence-corrected chi connectivity index (χ4v) is 3.57. The average molecular weight is 489 g/mol. The molecule has 0 saturated heterocycles. The van der Waals surface area contributed by atoms with E-state index in [9.17, 15) is 4.39 Å². The highest BCUT2D eigenvalue weighted by atomic mass is 79.9. The molecule has 8 heteroatoms. The SMILES string of the molecule is CCNC(=S)N/N=C\c1cc(Br)c(OCc2ccccc2F)c(Br)c1. The van der Waals surface area contributed by atoms with Gasteiger partial charge in [-0.1, -0.05) is 18.2 Å². The number of rotatable bonds is 6. The van der Waals surface area contributed by atoms with E-state index < -0.39 is 0 Å². The molecule has 0 unspecified atom stereocenters. The van der Waals surface area contributed by atoms with Gasteiger partial charge in [-0.25, -0.2) is 4.39 Å². The number of nitrogens with zero attached hydrogens (tertiary/aromatic N) is 1. The number of thiocarbonyl (C=S) groups is 1. The molecule has 0 radical (unpaired) electrons. The van der Waals surface area contributed by atoms with Gasteiger partial charge in [0, 0.05) is 12.1 Å². The van der Waals surface area contributed by atoms with Crippen molar-refractivity contribution < 1.29 is 9.13 Å². The van der Waals surface area contributed by atoms with Gasteiger partial charge in [-0.2, -0.15) is 5.10 Å². The lowest BCUT2D eigenvalue weighted by Gasteiger charge is -2.12. The summed E-state index contributed by atoms with van der Waals surface area (Å²) in [5, 5.41) is 7.46. The minimum Gasteiger partial charge on any atom is -0.486 e. The van der Waals surface area contributed by atoms with Gasteiger partial charge in [0.2, 0.25) is 0 Å². The van der Waals surface area contributed by atoms with E-state index in [4.69, 9.17) is 17.0 Å². The molecule has 0 atom stereocenters. The molecular weight excluding hydrogens is 473 g/mol. The van der Waals surface area contributed by atoms with E-state index >= 15 is 0 Å². The summed E-state index contributed by atoms with van der Waals surface area (Å²) in [6.07, 6.45) is 1.64. The standard InChI is InChI=1S/C17H16Br2FN3OS/c1-2-21-17(25)23-22-9-11-7-13(18)16(14(19)8-11)24-10-12-5-3-4-6-15(12)20/h3-9H,2,10H2,1H3,(H2,21,23,25)/b22-9-. The number of benzene rings is 2. The zero-order valence-corrected chi connectivity index (χ0v) is 17.3. The molecule has 2 aromatic carbocycles. The number of halogens is 3. The maximum absolute atomic E-state index is 13.7. The zero-order chi connectivity index (χ0) is 18.2. The Labute approximate surface area is 168 Å². The van der Waals surface area contributed by atoms with Crippen LogP contribution in [0.1, 0.15) is 18.1 Å². The van der Waals surface area contributed by atoms with Gasteiger partial charge in [0.05, 0.1) is 15.2 Å². The van der Waals surface area contributed by atoms with Crippen molar-refractivity contribution in [1.82, 2.24) is 10.7 Å². The average Bonchev–Trinajstić information content (AvgIpc) is 2.56. The molecule has 0 aliphatic rings. The first-order valence-corrected chi connectivity index (χ1v) is 9.42. The Balaban J connectivity index is 2.05. The Kier molecular flexibility index (Phi) is 7.80. The Morgan fingerprint density at radius 3 is 2.60 bits per heavy atom. The molecule has 0 bridgehead atoms. The highest BCUT2D eigenvalue weighted by molar-refractivity contribution is 9.11. The van der Waals surface area contributed by atoms with E-state index in [2.05, 4.69) is 47.7 Å². The summed E-state index contributed by atoms with van der Waals surface area (Å²) in [4.78, 5) is 0. The Hall–Kier alpha value is -1.51.